The summed E-state index contributed by atoms with van der Waals surface area (Å²) < 4.78 is 17.9. The summed E-state index contributed by atoms with van der Waals surface area (Å²) in [6.45, 7) is 5.37. The zero-order valence-electron chi connectivity index (χ0n) is 25.1. The van der Waals surface area contributed by atoms with Crippen LogP contribution >= 0.6 is 15.9 Å². The van der Waals surface area contributed by atoms with Crippen LogP contribution in [0, 0.1) is 25.1 Å². The number of nitrogens with zero attached hydrogens (tertiary/aromatic N) is 7. The van der Waals surface area contributed by atoms with Crippen molar-refractivity contribution in [3.8, 4) is 11.1 Å². The maximum Gasteiger partial charge on any atom is 0.248 e. The second kappa shape index (κ2) is 11.1. The van der Waals surface area contributed by atoms with Crippen LogP contribution in [0.4, 0.5) is 10.2 Å². The first-order valence-corrected chi connectivity index (χ1v) is 15.1. The van der Waals surface area contributed by atoms with Gasteiger partial charge in [-0.15, -0.1) is 0 Å². The molecule has 1 unspecified atom stereocenters. The number of carbonyl (C=O) groups is 3. The number of aryl methyl sites for hydroxylation is 2. The number of carbonyl (C=O) groups excluding carboxylic acids is 3. The fourth-order valence-electron chi connectivity index (χ4n) is 6.46. The summed E-state index contributed by atoms with van der Waals surface area (Å²) in [5.74, 6) is -0.742. The molecule has 0 spiro atoms. The molecule has 2 aliphatic rings. The second-order valence-electron chi connectivity index (χ2n) is 12.0. The van der Waals surface area contributed by atoms with Gasteiger partial charge in [-0.2, -0.15) is 5.10 Å². The highest BCUT2D eigenvalue weighted by molar-refractivity contribution is 9.10. The van der Waals surface area contributed by atoms with E-state index in [1.54, 1.807) is 30.0 Å². The van der Waals surface area contributed by atoms with Gasteiger partial charge in [-0.1, -0.05) is 6.07 Å². The van der Waals surface area contributed by atoms with Crippen LogP contribution in [0.25, 0.3) is 22.0 Å². The van der Waals surface area contributed by atoms with E-state index in [1.807, 2.05) is 27.1 Å². The monoisotopic (exact) mass is 662 g/mol. The van der Waals surface area contributed by atoms with Crippen LogP contribution < -0.4 is 5.32 Å². The normalized spacial score (nSPS) is 20.7. The van der Waals surface area contributed by atoms with Crippen molar-refractivity contribution in [2.24, 2.45) is 5.41 Å². The summed E-state index contributed by atoms with van der Waals surface area (Å²) in [4.78, 5) is 56.8. The van der Waals surface area contributed by atoms with E-state index in [0.717, 1.165) is 18.5 Å². The molecular formula is C31H32BrFN8O3. The van der Waals surface area contributed by atoms with Crippen molar-refractivity contribution in [2.45, 2.75) is 52.2 Å². The van der Waals surface area contributed by atoms with Crippen LogP contribution in [-0.4, -0.2) is 84.9 Å². The minimum absolute atomic E-state index is 0.0312. The number of piperidine rings is 1. The number of Topliss-reactive ketones (excluding diaryl/α,β-unsaturated/α-hetero) is 1. The van der Waals surface area contributed by atoms with E-state index < -0.39 is 17.6 Å². The summed E-state index contributed by atoms with van der Waals surface area (Å²) in [6, 6.07) is 6.01. The van der Waals surface area contributed by atoms with Gasteiger partial charge in [0.2, 0.25) is 11.8 Å². The molecule has 11 nitrogen and oxygen atoms in total. The summed E-state index contributed by atoms with van der Waals surface area (Å²) in [6.07, 6.45) is 4.33. The Morgan fingerprint density at radius 2 is 1.84 bits per heavy atom. The van der Waals surface area contributed by atoms with Crippen molar-refractivity contribution < 1.29 is 18.8 Å². The zero-order valence-corrected chi connectivity index (χ0v) is 26.6. The van der Waals surface area contributed by atoms with Crippen molar-refractivity contribution in [1.29, 1.82) is 0 Å². The highest BCUT2D eigenvalue weighted by Crippen LogP contribution is 2.60. The number of benzene rings is 1. The summed E-state index contributed by atoms with van der Waals surface area (Å²) in [5.41, 5.74) is 1.52. The predicted octanol–water partition coefficient (Wildman–Crippen LogP) is 4.17. The number of pyridine rings is 1. The number of amides is 2. The van der Waals surface area contributed by atoms with E-state index in [1.165, 1.54) is 24.0 Å². The molecule has 0 bridgehead atoms. The summed E-state index contributed by atoms with van der Waals surface area (Å²) in [7, 11) is 3.95. The Balaban J connectivity index is 1.33. The van der Waals surface area contributed by atoms with Crippen LogP contribution in [0.2, 0.25) is 0 Å². The number of aromatic nitrogens is 5. The molecule has 2 fully saturated rings. The van der Waals surface area contributed by atoms with E-state index in [-0.39, 0.29) is 46.5 Å². The van der Waals surface area contributed by atoms with Crippen molar-refractivity contribution in [3.63, 3.8) is 0 Å². The van der Waals surface area contributed by atoms with E-state index in [4.69, 9.17) is 0 Å². The molecule has 3 atom stereocenters. The standard InChI is InChI=1S/C31H32BrFN8O3/c1-16-6-9-24(32)36-29(16)37-30(44)22-10-31(15-39(4)5)11-23(31)41(22)25(43)14-40-21-8-7-20(19-12-34-18(3)35-13-19)27(33)26(21)28(38-40)17(2)42/h6-9,12-13,22-23H,10-11,14-15H2,1-5H3,(H,36,37,44)/t22-,23?,31-/m0/s1. The Morgan fingerprint density at radius 1 is 1.11 bits per heavy atom. The third-order valence-electron chi connectivity index (χ3n) is 8.51. The van der Waals surface area contributed by atoms with Gasteiger partial charge >= 0.3 is 0 Å². The summed E-state index contributed by atoms with van der Waals surface area (Å²) in [5, 5.41) is 7.35. The quantitative estimate of drug-likeness (QED) is 0.220. The molecule has 0 radical (unpaired) electrons. The first-order chi connectivity index (χ1) is 20.9. The Kier molecular flexibility index (Phi) is 7.57. The molecule has 4 heterocycles. The van der Waals surface area contributed by atoms with Gasteiger partial charge in [0.15, 0.2) is 5.78 Å². The van der Waals surface area contributed by atoms with E-state index in [2.05, 4.69) is 46.2 Å². The zero-order chi connectivity index (χ0) is 31.5. The fraction of sp³-hybridized carbons (Fsp3) is 0.387. The summed E-state index contributed by atoms with van der Waals surface area (Å²) >= 11 is 3.35. The largest absolute Gasteiger partial charge is 0.325 e. The van der Waals surface area contributed by atoms with Gasteiger partial charge in [-0.05, 0) is 80.5 Å². The lowest BCUT2D eigenvalue weighted by molar-refractivity contribution is -0.138. The highest BCUT2D eigenvalue weighted by atomic mass is 79.9. The smallest absolute Gasteiger partial charge is 0.248 e. The first-order valence-electron chi connectivity index (χ1n) is 14.3. The molecule has 1 aliphatic carbocycles. The molecule has 228 valence electrons. The van der Waals surface area contributed by atoms with Crippen LogP contribution in [0.5, 0.6) is 0 Å². The maximum absolute atomic E-state index is 16.0. The highest BCUT2D eigenvalue weighted by Gasteiger charge is 2.67. The van der Waals surface area contributed by atoms with Gasteiger partial charge in [0.1, 0.15) is 40.3 Å². The number of rotatable bonds is 8. The Bertz CT molecular complexity index is 1820. The molecule has 6 rings (SSSR count). The van der Waals surface area contributed by atoms with Crippen molar-refractivity contribution in [1.82, 2.24) is 34.5 Å². The topological polar surface area (TPSA) is 126 Å². The van der Waals surface area contributed by atoms with Crippen molar-refractivity contribution in [2.75, 3.05) is 26.0 Å². The lowest BCUT2D eigenvalue weighted by atomic mass is 9.98. The van der Waals surface area contributed by atoms with Crippen LogP contribution in [0.1, 0.15) is 41.6 Å². The van der Waals surface area contributed by atoms with Gasteiger partial charge in [0.25, 0.3) is 0 Å². The minimum atomic E-state index is -0.722. The van der Waals surface area contributed by atoms with Crippen LogP contribution in [0.15, 0.2) is 41.3 Å². The third-order valence-corrected chi connectivity index (χ3v) is 8.95. The number of hydrogen-bond donors (Lipinski definition) is 1. The molecule has 1 saturated heterocycles. The Hall–Kier alpha value is -4.10. The van der Waals surface area contributed by atoms with Gasteiger partial charge in [0, 0.05) is 48.4 Å². The molecule has 1 saturated carbocycles. The number of ketones is 1. The molecule has 1 aromatic carbocycles. The average molecular weight is 664 g/mol. The number of likely N-dealkylation sites (tertiary alicyclic amines) is 1. The lowest BCUT2D eigenvalue weighted by Gasteiger charge is -2.27. The molecular weight excluding hydrogens is 631 g/mol. The lowest BCUT2D eigenvalue weighted by Crippen LogP contribution is -2.47. The Morgan fingerprint density at radius 3 is 2.52 bits per heavy atom. The van der Waals surface area contributed by atoms with Crippen LogP contribution in [-0.2, 0) is 16.1 Å². The molecule has 4 aromatic rings. The van der Waals surface area contributed by atoms with Gasteiger partial charge < -0.3 is 15.1 Å². The number of fused-ring (bicyclic) bond motifs is 2. The maximum atomic E-state index is 16.0. The van der Waals surface area contributed by atoms with Crippen LogP contribution in [0.3, 0.4) is 0 Å². The molecule has 44 heavy (non-hydrogen) atoms. The molecule has 1 N–H and O–H groups in total. The third kappa shape index (κ3) is 5.28. The average Bonchev–Trinajstić information content (AvgIpc) is 3.34. The second-order valence-corrected chi connectivity index (χ2v) is 12.8. The van der Waals surface area contributed by atoms with Gasteiger partial charge in [-0.25, -0.2) is 19.3 Å². The van der Waals surface area contributed by atoms with E-state index in [0.29, 0.717) is 33.7 Å². The van der Waals surface area contributed by atoms with Gasteiger partial charge in [-0.3, -0.25) is 19.1 Å². The number of hydrogen-bond acceptors (Lipinski definition) is 8. The number of halogens is 2. The Labute approximate surface area is 262 Å². The molecule has 1 aliphatic heterocycles. The SMILES string of the molecule is CC(=O)c1nn(CC(=O)N2C3C[C@]3(CN(C)C)C[C@H]2C(=O)Nc2nc(Br)ccc2C)c2ccc(-c3cnc(C)nc3)c(F)c12. The first kappa shape index (κ1) is 29.9. The fourth-order valence-corrected chi connectivity index (χ4v) is 6.77. The van der Waals surface area contributed by atoms with Crippen molar-refractivity contribution >= 4 is 50.2 Å². The minimum Gasteiger partial charge on any atom is -0.325 e. The number of anilines is 1. The molecule has 3 aromatic heterocycles. The molecule has 2 amide bonds. The predicted molar refractivity (Wildman–Crippen MR) is 165 cm³/mol. The van der Waals surface area contributed by atoms with Crippen molar-refractivity contribution in [3.05, 3.63) is 64.2 Å². The molecule has 13 heteroatoms. The van der Waals surface area contributed by atoms with E-state index in [9.17, 15) is 14.4 Å². The number of nitrogens with one attached hydrogen (secondary N) is 1. The van der Waals surface area contributed by atoms with E-state index >= 15 is 4.39 Å². The van der Waals surface area contributed by atoms with Gasteiger partial charge in [0.05, 0.1) is 10.9 Å².